The molecule has 1 rings (SSSR count). The fourth-order valence-corrected chi connectivity index (χ4v) is 2.02. The second-order valence-corrected chi connectivity index (χ2v) is 6.68. The van der Waals surface area contributed by atoms with E-state index in [2.05, 4.69) is 9.97 Å². The van der Waals surface area contributed by atoms with Crippen molar-refractivity contribution in [3.63, 3.8) is 0 Å². The van der Waals surface area contributed by atoms with Gasteiger partial charge < -0.3 is 9.72 Å². The Morgan fingerprint density at radius 3 is 2.36 bits per heavy atom. The molecule has 0 fully saturated rings. The van der Waals surface area contributed by atoms with Crippen molar-refractivity contribution >= 4 is 6.09 Å². The SMILES string of the molecule is CC(c1ncc[nH]1)C(C)N(CC(C)(F)F)C(=O)OC(C)(C)C. The average Bonchev–Trinajstić information content (AvgIpc) is 2.84. The van der Waals surface area contributed by atoms with Gasteiger partial charge in [-0.25, -0.2) is 18.6 Å². The summed E-state index contributed by atoms with van der Waals surface area (Å²) in [6, 6.07) is -0.494. The molecule has 0 aliphatic heterocycles. The quantitative estimate of drug-likeness (QED) is 0.899. The van der Waals surface area contributed by atoms with Crippen LogP contribution in [0.1, 0.15) is 53.3 Å². The molecule has 1 aromatic heterocycles. The molecular weight excluding hydrogens is 292 g/mol. The number of nitrogens with one attached hydrogen (secondary N) is 1. The van der Waals surface area contributed by atoms with Crippen LogP contribution in [0.3, 0.4) is 0 Å². The zero-order valence-electron chi connectivity index (χ0n) is 14.0. The van der Waals surface area contributed by atoms with Crippen LogP contribution in [-0.4, -0.2) is 45.1 Å². The highest BCUT2D eigenvalue weighted by atomic mass is 19.3. The molecule has 0 aliphatic carbocycles. The molecule has 5 nitrogen and oxygen atoms in total. The minimum Gasteiger partial charge on any atom is -0.444 e. The first-order chi connectivity index (χ1) is 9.91. The summed E-state index contributed by atoms with van der Waals surface area (Å²) < 4.78 is 32.2. The lowest BCUT2D eigenvalue weighted by molar-refractivity contribution is -0.0410. The van der Waals surface area contributed by atoms with Crippen LogP contribution in [0.25, 0.3) is 0 Å². The van der Waals surface area contributed by atoms with Crippen LogP contribution >= 0.6 is 0 Å². The van der Waals surface area contributed by atoms with Crippen molar-refractivity contribution in [3.05, 3.63) is 18.2 Å². The van der Waals surface area contributed by atoms with Crippen LogP contribution in [0.4, 0.5) is 13.6 Å². The summed E-state index contributed by atoms with van der Waals surface area (Å²) in [4.78, 5) is 20.4. The number of halogens is 2. The minimum atomic E-state index is -3.01. The summed E-state index contributed by atoms with van der Waals surface area (Å²) in [6.45, 7) is 8.73. The van der Waals surface area contributed by atoms with E-state index in [9.17, 15) is 13.6 Å². The van der Waals surface area contributed by atoms with Crippen molar-refractivity contribution in [1.29, 1.82) is 0 Å². The van der Waals surface area contributed by atoms with Gasteiger partial charge in [-0.3, -0.25) is 4.90 Å². The Kier molecular flexibility index (Phi) is 5.54. The summed E-state index contributed by atoms with van der Waals surface area (Å²) >= 11 is 0. The predicted octanol–water partition coefficient (Wildman–Crippen LogP) is 3.79. The maximum atomic E-state index is 13.5. The molecule has 0 saturated carbocycles. The van der Waals surface area contributed by atoms with E-state index in [4.69, 9.17) is 4.74 Å². The second-order valence-electron chi connectivity index (χ2n) is 6.68. The highest BCUT2D eigenvalue weighted by Gasteiger charge is 2.36. The molecule has 0 saturated heterocycles. The molecule has 126 valence electrons. The van der Waals surface area contributed by atoms with Gasteiger partial charge in [0.15, 0.2) is 0 Å². The Bertz CT molecular complexity index is 478. The zero-order chi connectivity index (χ0) is 17.1. The molecule has 0 aliphatic rings. The Balaban J connectivity index is 2.96. The Labute approximate surface area is 130 Å². The molecule has 1 amide bonds. The lowest BCUT2D eigenvalue weighted by atomic mass is 10.0. The Hall–Kier alpha value is -1.66. The highest BCUT2D eigenvalue weighted by Crippen LogP contribution is 2.25. The van der Waals surface area contributed by atoms with Crippen molar-refractivity contribution in [2.45, 2.75) is 65.0 Å². The smallest absolute Gasteiger partial charge is 0.410 e. The zero-order valence-corrected chi connectivity index (χ0v) is 14.0. The number of aromatic nitrogens is 2. The number of amides is 1. The number of carbonyl (C=O) groups excluding carboxylic acids is 1. The van der Waals surface area contributed by atoms with Gasteiger partial charge in [0.1, 0.15) is 11.4 Å². The monoisotopic (exact) mass is 317 g/mol. The largest absolute Gasteiger partial charge is 0.444 e. The van der Waals surface area contributed by atoms with E-state index in [0.29, 0.717) is 5.82 Å². The van der Waals surface area contributed by atoms with Crippen molar-refractivity contribution in [2.24, 2.45) is 0 Å². The van der Waals surface area contributed by atoms with Gasteiger partial charge in [0.05, 0.1) is 6.54 Å². The summed E-state index contributed by atoms with van der Waals surface area (Å²) in [5, 5.41) is 0. The van der Waals surface area contributed by atoms with Crippen LogP contribution in [0.15, 0.2) is 12.4 Å². The lowest BCUT2D eigenvalue weighted by Gasteiger charge is -2.35. The van der Waals surface area contributed by atoms with Crippen molar-refractivity contribution in [3.8, 4) is 0 Å². The Morgan fingerprint density at radius 2 is 1.95 bits per heavy atom. The van der Waals surface area contributed by atoms with E-state index in [1.165, 1.54) is 0 Å². The first kappa shape index (κ1) is 18.4. The third-order valence-electron chi connectivity index (χ3n) is 3.24. The van der Waals surface area contributed by atoms with E-state index in [1.807, 2.05) is 6.92 Å². The third kappa shape index (κ3) is 5.61. The number of carbonyl (C=O) groups is 1. The normalized spacial score (nSPS) is 15.3. The van der Waals surface area contributed by atoms with Gasteiger partial charge in [-0.1, -0.05) is 6.92 Å². The fraction of sp³-hybridized carbons (Fsp3) is 0.733. The predicted molar refractivity (Wildman–Crippen MR) is 80.0 cm³/mol. The molecule has 0 spiro atoms. The second kappa shape index (κ2) is 6.62. The van der Waals surface area contributed by atoms with E-state index < -0.39 is 30.2 Å². The van der Waals surface area contributed by atoms with Gasteiger partial charge >= 0.3 is 6.09 Å². The number of ether oxygens (including phenoxy) is 1. The van der Waals surface area contributed by atoms with Gasteiger partial charge in [0.25, 0.3) is 5.92 Å². The molecular formula is C15H25F2N3O2. The van der Waals surface area contributed by atoms with Crippen LogP contribution < -0.4 is 0 Å². The number of aromatic amines is 1. The molecule has 2 unspecified atom stereocenters. The van der Waals surface area contributed by atoms with Gasteiger partial charge in [0.2, 0.25) is 0 Å². The molecule has 0 aromatic carbocycles. The maximum Gasteiger partial charge on any atom is 0.410 e. The first-order valence-corrected chi connectivity index (χ1v) is 7.27. The van der Waals surface area contributed by atoms with Crippen molar-refractivity contribution in [2.75, 3.05) is 6.54 Å². The number of H-pyrrole nitrogens is 1. The highest BCUT2D eigenvalue weighted by molar-refractivity contribution is 5.68. The van der Waals surface area contributed by atoms with E-state index in [0.717, 1.165) is 11.8 Å². The standard InChI is InChI=1S/C15H25F2N3O2/c1-10(12-18-7-8-19-12)11(2)20(9-15(6,16)17)13(21)22-14(3,4)5/h7-8,10-11H,9H2,1-6H3,(H,18,19). The number of nitrogens with zero attached hydrogens (tertiary/aromatic N) is 2. The molecule has 1 aromatic rings. The summed E-state index contributed by atoms with van der Waals surface area (Å²) in [6.07, 6.45) is 2.50. The molecule has 7 heteroatoms. The van der Waals surface area contributed by atoms with Crippen molar-refractivity contribution in [1.82, 2.24) is 14.9 Å². The van der Waals surface area contributed by atoms with Crippen LogP contribution in [-0.2, 0) is 4.74 Å². The molecule has 22 heavy (non-hydrogen) atoms. The number of hydrogen-bond acceptors (Lipinski definition) is 3. The number of imidazole rings is 1. The molecule has 1 heterocycles. The van der Waals surface area contributed by atoms with E-state index >= 15 is 0 Å². The van der Waals surface area contributed by atoms with Crippen LogP contribution in [0.2, 0.25) is 0 Å². The topological polar surface area (TPSA) is 58.2 Å². The maximum absolute atomic E-state index is 13.5. The van der Waals surface area contributed by atoms with Crippen molar-refractivity contribution < 1.29 is 18.3 Å². The van der Waals surface area contributed by atoms with E-state index in [-0.39, 0.29) is 5.92 Å². The molecule has 2 atom stereocenters. The number of alkyl halides is 2. The third-order valence-corrected chi connectivity index (χ3v) is 3.24. The minimum absolute atomic E-state index is 0.232. The van der Waals surface area contributed by atoms with Gasteiger partial charge in [-0.05, 0) is 27.7 Å². The Morgan fingerprint density at radius 1 is 1.36 bits per heavy atom. The lowest BCUT2D eigenvalue weighted by Crippen LogP contribution is -2.48. The summed E-state index contributed by atoms with van der Waals surface area (Å²) in [7, 11) is 0. The molecule has 0 bridgehead atoms. The summed E-state index contributed by atoms with van der Waals surface area (Å²) in [5.41, 5.74) is -0.744. The van der Waals surface area contributed by atoms with Gasteiger partial charge in [0, 0.05) is 31.3 Å². The molecule has 0 radical (unpaired) electrons. The van der Waals surface area contributed by atoms with E-state index in [1.54, 1.807) is 40.1 Å². The van der Waals surface area contributed by atoms with Crippen LogP contribution in [0.5, 0.6) is 0 Å². The first-order valence-electron chi connectivity index (χ1n) is 7.27. The number of hydrogen-bond donors (Lipinski definition) is 1. The average molecular weight is 317 g/mol. The van der Waals surface area contributed by atoms with Gasteiger partial charge in [-0.2, -0.15) is 0 Å². The van der Waals surface area contributed by atoms with Gasteiger partial charge in [-0.15, -0.1) is 0 Å². The number of rotatable bonds is 5. The summed E-state index contributed by atoms with van der Waals surface area (Å²) in [5.74, 6) is -2.60. The van der Waals surface area contributed by atoms with Crippen LogP contribution in [0, 0.1) is 0 Å². The fourth-order valence-electron chi connectivity index (χ4n) is 2.02. The molecule has 1 N–H and O–H groups in total.